The molecular weight excluding hydrogens is 284 g/mol. The predicted octanol–water partition coefficient (Wildman–Crippen LogP) is 4.22. The van der Waals surface area contributed by atoms with Gasteiger partial charge in [0.2, 0.25) is 0 Å². The average Bonchev–Trinajstić information content (AvgIpc) is 2.52. The first-order valence-corrected chi connectivity index (χ1v) is 7.69. The average molecular weight is 305 g/mol. The lowest BCUT2D eigenvalue weighted by Gasteiger charge is -2.20. The number of nitrogens with one attached hydrogen (secondary N) is 1. The molecule has 1 unspecified atom stereocenters. The molecule has 0 aliphatic rings. The highest BCUT2D eigenvalue weighted by molar-refractivity contribution is 6.31. The van der Waals surface area contributed by atoms with Crippen LogP contribution < -0.4 is 10.1 Å². The van der Waals surface area contributed by atoms with Crippen molar-refractivity contribution in [3.8, 4) is 5.75 Å². The number of hydrogen-bond acceptors (Lipinski definition) is 3. The van der Waals surface area contributed by atoms with Gasteiger partial charge in [0.1, 0.15) is 5.75 Å². The molecule has 2 rings (SSSR count). The summed E-state index contributed by atoms with van der Waals surface area (Å²) in [6, 6.07) is 10.2. The number of ether oxygens (including phenoxy) is 1. The monoisotopic (exact) mass is 304 g/mol. The first kappa shape index (κ1) is 15.8. The van der Waals surface area contributed by atoms with Gasteiger partial charge in [0.15, 0.2) is 0 Å². The molecule has 1 aromatic carbocycles. The van der Waals surface area contributed by atoms with Crippen LogP contribution in [0.5, 0.6) is 5.75 Å². The molecule has 0 saturated carbocycles. The fraction of sp³-hybridized carbons (Fsp3) is 0.353. The topological polar surface area (TPSA) is 34.1 Å². The third-order valence-electron chi connectivity index (χ3n) is 3.21. The van der Waals surface area contributed by atoms with E-state index in [1.54, 1.807) is 12.4 Å². The normalized spacial score (nSPS) is 12.1. The second kappa shape index (κ2) is 8.01. The van der Waals surface area contributed by atoms with Crippen molar-refractivity contribution in [1.82, 2.24) is 10.3 Å². The van der Waals surface area contributed by atoms with Gasteiger partial charge in [0, 0.05) is 12.4 Å². The highest BCUT2D eigenvalue weighted by Crippen LogP contribution is 2.28. The van der Waals surface area contributed by atoms with Crippen LogP contribution in [0.3, 0.4) is 0 Å². The summed E-state index contributed by atoms with van der Waals surface area (Å²) >= 11 is 6.28. The molecule has 0 fully saturated rings. The molecular formula is C17H21ClN2O. The van der Waals surface area contributed by atoms with Crippen LogP contribution in [0.2, 0.25) is 5.02 Å². The Morgan fingerprint density at radius 1 is 1.19 bits per heavy atom. The Bertz CT molecular complexity index is 557. The van der Waals surface area contributed by atoms with Crippen LogP contribution in [0.25, 0.3) is 0 Å². The van der Waals surface area contributed by atoms with E-state index in [0.29, 0.717) is 5.02 Å². The quantitative estimate of drug-likeness (QED) is 0.831. The summed E-state index contributed by atoms with van der Waals surface area (Å²) in [5.74, 6) is 0.900. The lowest BCUT2D eigenvalue weighted by atomic mass is 9.99. The van der Waals surface area contributed by atoms with Crippen LogP contribution in [0.1, 0.15) is 37.4 Å². The maximum atomic E-state index is 6.28. The molecule has 1 atom stereocenters. The zero-order valence-electron chi connectivity index (χ0n) is 12.5. The number of hydrogen-bond donors (Lipinski definition) is 1. The van der Waals surface area contributed by atoms with E-state index < -0.39 is 0 Å². The van der Waals surface area contributed by atoms with Gasteiger partial charge in [0.05, 0.1) is 17.7 Å². The van der Waals surface area contributed by atoms with Gasteiger partial charge in [-0.15, -0.1) is 0 Å². The van der Waals surface area contributed by atoms with Gasteiger partial charge in [-0.05, 0) is 42.3 Å². The minimum absolute atomic E-state index is 0.0609. The van der Waals surface area contributed by atoms with E-state index >= 15 is 0 Å². The molecule has 0 aliphatic carbocycles. The molecule has 2 aromatic rings. The molecule has 21 heavy (non-hydrogen) atoms. The summed E-state index contributed by atoms with van der Waals surface area (Å²) in [6.45, 7) is 5.78. The summed E-state index contributed by atoms with van der Waals surface area (Å²) in [5, 5.41) is 4.14. The second-order valence-electron chi connectivity index (χ2n) is 4.81. The van der Waals surface area contributed by atoms with Crippen LogP contribution in [-0.4, -0.2) is 18.1 Å². The fourth-order valence-electron chi connectivity index (χ4n) is 2.21. The van der Waals surface area contributed by atoms with Crippen LogP contribution in [-0.2, 0) is 0 Å². The maximum Gasteiger partial charge on any atom is 0.119 e. The second-order valence-corrected chi connectivity index (χ2v) is 5.21. The maximum absolute atomic E-state index is 6.28. The van der Waals surface area contributed by atoms with Gasteiger partial charge < -0.3 is 10.1 Å². The minimum Gasteiger partial charge on any atom is -0.494 e. The van der Waals surface area contributed by atoms with Crippen molar-refractivity contribution < 1.29 is 4.74 Å². The highest BCUT2D eigenvalue weighted by atomic mass is 35.5. The first-order valence-electron chi connectivity index (χ1n) is 7.31. The van der Waals surface area contributed by atoms with Crippen LogP contribution in [0, 0.1) is 0 Å². The highest BCUT2D eigenvalue weighted by Gasteiger charge is 2.15. The standard InChI is InChI=1S/C17H21ClN2O/c1-3-11-21-14-7-5-13(6-8-14)17(20-4-2)15-9-10-19-12-16(15)18/h5-10,12,17,20H,3-4,11H2,1-2H3. The Balaban J connectivity index is 2.24. The molecule has 4 heteroatoms. The Hall–Kier alpha value is -1.58. The zero-order valence-corrected chi connectivity index (χ0v) is 13.2. The van der Waals surface area contributed by atoms with E-state index in [1.807, 2.05) is 18.2 Å². The Morgan fingerprint density at radius 2 is 1.95 bits per heavy atom. The van der Waals surface area contributed by atoms with Crippen molar-refractivity contribution in [1.29, 1.82) is 0 Å². The van der Waals surface area contributed by atoms with Gasteiger partial charge in [-0.1, -0.05) is 37.6 Å². The Kier molecular flexibility index (Phi) is 6.03. The summed E-state index contributed by atoms with van der Waals surface area (Å²) in [6.07, 6.45) is 4.46. The van der Waals surface area contributed by atoms with E-state index in [2.05, 4.69) is 36.3 Å². The number of pyridine rings is 1. The van der Waals surface area contributed by atoms with E-state index in [9.17, 15) is 0 Å². The first-order chi connectivity index (χ1) is 10.3. The van der Waals surface area contributed by atoms with E-state index in [4.69, 9.17) is 16.3 Å². The number of rotatable bonds is 7. The number of aromatic nitrogens is 1. The molecule has 3 nitrogen and oxygen atoms in total. The molecule has 112 valence electrons. The molecule has 0 aliphatic heterocycles. The summed E-state index contributed by atoms with van der Waals surface area (Å²) in [5.41, 5.74) is 2.20. The molecule has 0 spiro atoms. The van der Waals surface area contributed by atoms with E-state index in [0.717, 1.165) is 36.4 Å². The molecule has 1 N–H and O–H groups in total. The largest absolute Gasteiger partial charge is 0.494 e. The Labute approximate surface area is 131 Å². The summed E-state index contributed by atoms with van der Waals surface area (Å²) in [4.78, 5) is 4.05. The predicted molar refractivity (Wildman–Crippen MR) is 87.0 cm³/mol. The summed E-state index contributed by atoms with van der Waals surface area (Å²) < 4.78 is 5.62. The van der Waals surface area contributed by atoms with Gasteiger partial charge in [0.25, 0.3) is 0 Å². The van der Waals surface area contributed by atoms with E-state index in [1.165, 1.54) is 0 Å². The van der Waals surface area contributed by atoms with Gasteiger partial charge in [-0.3, -0.25) is 4.98 Å². The third-order valence-corrected chi connectivity index (χ3v) is 3.53. The van der Waals surface area contributed by atoms with Gasteiger partial charge in [-0.25, -0.2) is 0 Å². The van der Waals surface area contributed by atoms with Crippen molar-refractivity contribution >= 4 is 11.6 Å². The smallest absolute Gasteiger partial charge is 0.119 e. The number of nitrogens with zero attached hydrogens (tertiary/aromatic N) is 1. The third kappa shape index (κ3) is 4.19. The van der Waals surface area contributed by atoms with Crippen molar-refractivity contribution in [2.24, 2.45) is 0 Å². The molecule has 0 saturated heterocycles. The van der Waals surface area contributed by atoms with E-state index in [-0.39, 0.29) is 6.04 Å². The van der Waals surface area contributed by atoms with Gasteiger partial charge >= 0.3 is 0 Å². The van der Waals surface area contributed by atoms with Crippen molar-refractivity contribution in [3.05, 3.63) is 58.9 Å². The fourth-order valence-corrected chi connectivity index (χ4v) is 2.44. The van der Waals surface area contributed by atoms with Crippen LogP contribution in [0.15, 0.2) is 42.7 Å². The zero-order chi connectivity index (χ0) is 15.1. The van der Waals surface area contributed by atoms with Gasteiger partial charge in [-0.2, -0.15) is 0 Å². The Morgan fingerprint density at radius 3 is 2.57 bits per heavy atom. The lowest BCUT2D eigenvalue weighted by Crippen LogP contribution is -2.22. The minimum atomic E-state index is 0.0609. The molecule has 0 bridgehead atoms. The number of benzene rings is 1. The van der Waals surface area contributed by atoms with Crippen LogP contribution in [0.4, 0.5) is 0 Å². The molecule has 0 amide bonds. The molecule has 0 radical (unpaired) electrons. The molecule has 1 aromatic heterocycles. The lowest BCUT2D eigenvalue weighted by molar-refractivity contribution is 0.317. The van der Waals surface area contributed by atoms with Crippen molar-refractivity contribution in [2.75, 3.05) is 13.2 Å². The molecule has 1 heterocycles. The van der Waals surface area contributed by atoms with Crippen LogP contribution >= 0.6 is 11.6 Å². The summed E-state index contributed by atoms with van der Waals surface area (Å²) in [7, 11) is 0. The SMILES string of the molecule is CCCOc1ccc(C(NCC)c2ccncc2Cl)cc1. The number of halogens is 1. The van der Waals surface area contributed by atoms with Crippen molar-refractivity contribution in [2.45, 2.75) is 26.3 Å². The van der Waals surface area contributed by atoms with Crippen molar-refractivity contribution in [3.63, 3.8) is 0 Å².